The van der Waals surface area contributed by atoms with Gasteiger partial charge in [0.15, 0.2) is 5.88 Å². The molecule has 1 atom stereocenters. The first kappa shape index (κ1) is 9.60. The fourth-order valence-corrected chi connectivity index (χ4v) is 0.827. The number of carboxylic acids is 1. The van der Waals surface area contributed by atoms with Gasteiger partial charge in [-0.05, 0) is 13.0 Å². The Morgan fingerprint density at radius 3 is 2.92 bits per heavy atom. The topological polar surface area (TPSA) is 88.5 Å². The van der Waals surface area contributed by atoms with E-state index in [-0.39, 0.29) is 6.54 Å². The lowest BCUT2D eigenvalue weighted by Crippen LogP contribution is -2.36. The molecule has 1 heterocycles. The summed E-state index contributed by atoms with van der Waals surface area (Å²) in [7, 11) is 0. The molecule has 4 N–H and O–H groups in total. The van der Waals surface area contributed by atoms with Gasteiger partial charge in [0, 0.05) is 12.6 Å². The van der Waals surface area contributed by atoms with Crippen molar-refractivity contribution in [2.75, 3.05) is 11.9 Å². The number of nitrogens with two attached hydrogens (primary N) is 1. The summed E-state index contributed by atoms with van der Waals surface area (Å²) in [5.74, 6) is 0.274. The van der Waals surface area contributed by atoms with Crippen LogP contribution < -0.4 is 11.1 Å². The van der Waals surface area contributed by atoms with Gasteiger partial charge < -0.3 is 20.6 Å². The van der Waals surface area contributed by atoms with Crippen LogP contribution in [0.5, 0.6) is 0 Å². The van der Waals surface area contributed by atoms with Crippen molar-refractivity contribution in [3.05, 3.63) is 17.9 Å². The fourth-order valence-electron chi connectivity index (χ4n) is 0.827. The summed E-state index contributed by atoms with van der Waals surface area (Å²) in [6.07, 6.45) is 0. The largest absolute Gasteiger partial charge is 0.480 e. The Morgan fingerprint density at radius 1 is 1.77 bits per heavy atom. The van der Waals surface area contributed by atoms with Crippen molar-refractivity contribution >= 4 is 11.9 Å². The van der Waals surface area contributed by atoms with E-state index in [1.165, 1.54) is 0 Å². The molecular formula is C8H12N2O3. The normalized spacial score (nSPS) is 12.5. The molecule has 1 aromatic heterocycles. The van der Waals surface area contributed by atoms with Crippen molar-refractivity contribution in [2.24, 2.45) is 5.73 Å². The van der Waals surface area contributed by atoms with Crippen LogP contribution in [0.25, 0.3) is 0 Å². The molecule has 0 aliphatic heterocycles. The molecule has 0 saturated heterocycles. The summed E-state index contributed by atoms with van der Waals surface area (Å²) >= 11 is 0. The number of hydrogen-bond acceptors (Lipinski definition) is 4. The van der Waals surface area contributed by atoms with Crippen molar-refractivity contribution in [2.45, 2.75) is 13.0 Å². The van der Waals surface area contributed by atoms with Gasteiger partial charge in [-0.3, -0.25) is 4.79 Å². The number of carboxylic acid groups (broad SMARTS) is 1. The molecule has 0 aliphatic carbocycles. The number of anilines is 1. The van der Waals surface area contributed by atoms with E-state index in [4.69, 9.17) is 15.3 Å². The number of furan rings is 1. The first-order chi connectivity index (χ1) is 6.09. The van der Waals surface area contributed by atoms with E-state index in [1.807, 2.05) is 6.92 Å². The van der Waals surface area contributed by atoms with Crippen molar-refractivity contribution in [3.63, 3.8) is 0 Å². The van der Waals surface area contributed by atoms with Gasteiger partial charge in [-0.15, -0.1) is 0 Å². The summed E-state index contributed by atoms with van der Waals surface area (Å²) in [5.41, 5.74) is 5.27. The van der Waals surface area contributed by atoms with Crippen molar-refractivity contribution < 1.29 is 14.3 Å². The van der Waals surface area contributed by atoms with E-state index in [0.29, 0.717) is 5.88 Å². The lowest BCUT2D eigenvalue weighted by Gasteiger charge is -2.06. The van der Waals surface area contributed by atoms with Crippen molar-refractivity contribution in [3.8, 4) is 0 Å². The Morgan fingerprint density at radius 2 is 2.46 bits per heavy atom. The molecule has 5 nitrogen and oxygen atoms in total. The molecule has 0 fully saturated rings. The van der Waals surface area contributed by atoms with E-state index >= 15 is 0 Å². The van der Waals surface area contributed by atoms with Gasteiger partial charge in [0.1, 0.15) is 11.8 Å². The highest BCUT2D eigenvalue weighted by Gasteiger charge is 2.10. The van der Waals surface area contributed by atoms with E-state index in [9.17, 15) is 4.79 Å². The molecule has 0 radical (unpaired) electrons. The average Bonchev–Trinajstić information content (AvgIpc) is 2.47. The molecule has 0 aliphatic rings. The molecule has 13 heavy (non-hydrogen) atoms. The highest BCUT2D eigenvalue weighted by atomic mass is 16.4. The lowest BCUT2D eigenvalue weighted by molar-refractivity contribution is -0.138. The minimum atomic E-state index is -1.03. The third-order valence-electron chi connectivity index (χ3n) is 1.55. The van der Waals surface area contributed by atoms with E-state index < -0.39 is 12.0 Å². The highest BCUT2D eigenvalue weighted by molar-refractivity contribution is 5.73. The van der Waals surface area contributed by atoms with Crippen LogP contribution in [-0.2, 0) is 4.79 Å². The first-order valence-corrected chi connectivity index (χ1v) is 3.88. The minimum Gasteiger partial charge on any atom is -0.480 e. The monoisotopic (exact) mass is 184 g/mol. The summed E-state index contributed by atoms with van der Waals surface area (Å²) in [5, 5.41) is 11.2. The maximum Gasteiger partial charge on any atom is 0.322 e. The molecule has 0 spiro atoms. The van der Waals surface area contributed by atoms with Gasteiger partial charge in [0.2, 0.25) is 0 Å². The summed E-state index contributed by atoms with van der Waals surface area (Å²) in [6.45, 7) is 1.96. The van der Waals surface area contributed by atoms with Gasteiger partial charge in [-0.1, -0.05) is 0 Å². The number of hydrogen-bond donors (Lipinski definition) is 3. The Kier molecular flexibility index (Phi) is 2.92. The molecule has 5 heteroatoms. The molecule has 0 saturated carbocycles. The number of rotatable bonds is 4. The molecular weight excluding hydrogens is 172 g/mol. The first-order valence-electron chi connectivity index (χ1n) is 3.88. The zero-order chi connectivity index (χ0) is 9.84. The van der Waals surface area contributed by atoms with Crippen molar-refractivity contribution in [1.82, 2.24) is 0 Å². The van der Waals surface area contributed by atoms with Crippen LogP contribution in [0.15, 0.2) is 16.5 Å². The molecule has 0 aromatic carbocycles. The molecule has 0 amide bonds. The van der Waals surface area contributed by atoms with Crippen LogP contribution in [0.1, 0.15) is 5.76 Å². The summed E-state index contributed by atoms with van der Waals surface area (Å²) in [6, 6.07) is 2.60. The predicted octanol–water partition coefficient (Wildman–Crippen LogP) is 0.412. The molecule has 0 bridgehead atoms. The highest BCUT2D eigenvalue weighted by Crippen LogP contribution is 2.11. The number of aliphatic carboxylic acids is 1. The van der Waals surface area contributed by atoms with Gasteiger partial charge in [-0.2, -0.15) is 0 Å². The Hall–Kier alpha value is -1.49. The van der Waals surface area contributed by atoms with Gasteiger partial charge in [-0.25, -0.2) is 0 Å². The molecule has 1 aromatic rings. The maximum atomic E-state index is 10.3. The lowest BCUT2D eigenvalue weighted by atomic mass is 10.3. The quantitative estimate of drug-likeness (QED) is 0.630. The van der Waals surface area contributed by atoms with Gasteiger partial charge >= 0.3 is 5.97 Å². The van der Waals surface area contributed by atoms with Crippen LogP contribution in [-0.4, -0.2) is 23.7 Å². The second kappa shape index (κ2) is 3.95. The molecule has 72 valence electrons. The SMILES string of the molecule is Cc1ccc(NCC(N)C(=O)O)o1. The van der Waals surface area contributed by atoms with Crippen LogP contribution >= 0.6 is 0 Å². The van der Waals surface area contributed by atoms with Crippen LogP contribution in [0, 0.1) is 6.92 Å². The zero-order valence-electron chi connectivity index (χ0n) is 7.28. The minimum absolute atomic E-state index is 0.155. The van der Waals surface area contributed by atoms with E-state index in [1.54, 1.807) is 12.1 Å². The predicted molar refractivity (Wildman–Crippen MR) is 47.5 cm³/mol. The third kappa shape index (κ3) is 2.79. The summed E-state index contributed by atoms with van der Waals surface area (Å²) < 4.78 is 5.15. The fraction of sp³-hybridized carbons (Fsp3) is 0.375. The van der Waals surface area contributed by atoms with E-state index in [0.717, 1.165) is 5.76 Å². The van der Waals surface area contributed by atoms with Gasteiger partial charge in [0.05, 0.1) is 0 Å². The van der Waals surface area contributed by atoms with Crippen molar-refractivity contribution in [1.29, 1.82) is 0 Å². The third-order valence-corrected chi connectivity index (χ3v) is 1.55. The molecule has 1 unspecified atom stereocenters. The standard InChI is InChI=1S/C8H12N2O3/c1-5-2-3-7(13-5)10-4-6(9)8(11)12/h2-3,6,10H,4,9H2,1H3,(H,11,12). The second-order valence-corrected chi connectivity index (χ2v) is 2.74. The van der Waals surface area contributed by atoms with E-state index in [2.05, 4.69) is 5.32 Å². The van der Waals surface area contributed by atoms with Crippen LogP contribution in [0.3, 0.4) is 0 Å². The zero-order valence-corrected chi connectivity index (χ0v) is 7.28. The smallest absolute Gasteiger partial charge is 0.322 e. The number of carbonyl (C=O) groups is 1. The van der Waals surface area contributed by atoms with Crippen LogP contribution in [0.4, 0.5) is 5.88 Å². The maximum absolute atomic E-state index is 10.3. The second-order valence-electron chi connectivity index (χ2n) is 2.74. The Bertz CT molecular complexity index is 295. The molecule has 1 rings (SSSR count). The van der Waals surface area contributed by atoms with Crippen LogP contribution in [0.2, 0.25) is 0 Å². The Balaban J connectivity index is 2.39. The number of nitrogens with one attached hydrogen (secondary N) is 1. The number of aryl methyl sites for hydroxylation is 1. The Labute approximate surface area is 75.5 Å². The average molecular weight is 184 g/mol. The summed E-state index contributed by atoms with van der Waals surface area (Å²) in [4.78, 5) is 10.3. The van der Waals surface area contributed by atoms with Gasteiger partial charge in [0.25, 0.3) is 0 Å².